The van der Waals surface area contributed by atoms with Crippen LogP contribution < -0.4 is 10.2 Å². The van der Waals surface area contributed by atoms with Crippen molar-refractivity contribution in [3.8, 4) is 0 Å². The number of piperazine rings is 1. The Labute approximate surface area is 154 Å². The van der Waals surface area contributed by atoms with Gasteiger partial charge in [0.25, 0.3) is 5.91 Å². The van der Waals surface area contributed by atoms with E-state index in [2.05, 4.69) is 5.32 Å². The zero-order chi connectivity index (χ0) is 17.1. The maximum Gasteiger partial charge on any atom is 0.269 e. The molecule has 3 N–H and O–H groups in total. The first-order valence-corrected chi connectivity index (χ1v) is 9.42. The van der Waals surface area contributed by atoms with Gasteiger partial charge in [0, 0.05) is 10.1 Å². The first-order chi connectivity index (χ1) is 11.6. The predicted molar refractivity (Wildman–Crippen MR) is 101 cm³/mol. The molecule has 1 aromatic carbocycles. The Balaban J connectivity index is 1.64. The fourth-order valence-corrected chi connectivity index (χ4v) is 4.51. The van der Waals surface area contributed by atoms with E-state index in [0.29, 0.717) is 15.0 Å². The van der Waals surface area contributed by atoms with E-state index in [9.17, 15) is 4.79 Å². The topological polar surface area (TPSA) is 57.0 Å². The van der Waals surface area contributed by atoms with Crippen molar-refractivity contribution >= 4 is 56.3 Å². The average molecular weight is 385 g/mol. The molecule has 0 saturated carbocycles. The molecular weight excluding hydrogens is 366 g/mol. The number of benzene rings is 1. The number of hydrogen-bond donors (Lipinski definition) is 3. The standard InChI is InChI=1S/C16H18ClN3O2S2/c17-13-11-3-1-2-4-12(11)24-14(13)15(22)18-16(23)20-7-5-19(6-8-20)9-10-21/h1-4,21H,5-10H2,(H,18,22,23)/p+1. The van der Waals surface area contributed by atoms with Gasteiger partial charge in [0.2, 0.25) is 0 Å². The number of nitrogens with one attached hydrogen (secondary N) is 2. The summed E-state index contributed by atoms with van der Waals surface area (Å²) < 4.78 is 0.986. The molecule has 2 aromatic rings. The highest BCUT2D eigenvalue weighted by Gasteiger charge is 2.24. The van der Waals surface area contributed by atoms with Crippen molar-refractivity contribution in [2.75, 3.05) is 39.3 Å². The summed E-state index contributed by atoms with van der Waals surface area (Å²) in [7, 11) is 0. The summed E-state index contributed by atoms with van der Waals surface area (Å²) in [4.78, 5) is 16.4. The molecule has 1 saturated heterocycles. The number of halogens is 1. The SMILES string of the molecule is O=C(NC(=S)N1CC[NH+](CCO)CC1)c1sc2ccccc2c1Cl. The number of nitrogens with zero attached hydrogens (tertiary/aromatic N) is 1. The Morgan fingerprint density at radius 2 is 2.08 bits per heavy atom. The van der Waals surface area contributed by atoms with Gasteiger partial charge in [-0.15, -0.1) is 11.3 Å². The van der Waals surface area contributed by atoms with Crippen molar-refractivity contribution in [1.82, 2.24) is 10.2 Å². The third-order valence-electron chi connectivity index (χ3n) is 4.18. The molecule has 1 amide bonds. The van der Waals surface area contributed by atoms with E-state index in [0.717, 1.165) is 42.8 Å². The summed E-state index contributed by atoms with van der Waals surface area (Å²) in [6, 6.07) is 7.69. The molecule has 0 unspecified atom stereocenters. The van der Waals surface area contributed by atoms with E-state index in [1.165, 1.54) is 16.2 Å². The number of fused-ring (bicyclic) bond motifs is 1. The van der Waals surface area contributed by atoms with Crippen molar-refractivity contribution in [3.05, 3.63) is 34.2 Å². The molecule has 0 atom stereocenters. The van der Waals surface area contributed by atoms with Crippen LogP contribution in [0.3, 0.4) is 0 Å². The molecule has 0 aliphatic carbocycles. The highest BCUT2D eigenvalue weighted by Crippen LogP contribution is 2.34. The summed E-state index contributed by atoms with van der Waals surface area (Å²) >= 11 is 13.1. The van der Waals surface area contributed by atoms with Crippen molar-refractivity contribution < 1.29 is 14.8 Å². The molecule has 1 aromatic heterocycles. The van der Waals surface area contributed by atoms with E-state index < -0.39 is 0 Å². The van der Waals surface area contributed by atoms with E-state index in [1.54, 1.807) is 0 Å². The van der Waals surface area contributed by atoms with Gasteiger partial charge >= 0.3 is 0 Å². The number of carbonyl (C=O) groups excluding carboxylic acids is 1. The zero-order valence-corrected chi connectivity index (χ0v) is 15.4. The fraction of sp³-hybridized carbons (Fsp3) is 0.375. The highest BCUT2D eigenvalue weighted by molar-refractivity contribution is 7.80. The maximum absolute atomic E-state index is 12.5. The summed E-state index contributed by atoms with van der Waals surface area (Å²) in [5, 5.41) is 13.6. The minimum atomic E-state index is -0.253. The van der Waals surface area contributed by atoms with E-state index in [4.69, 9.17) is 28.9 Å². The largest absolute Gasteiger partial charge is 0.391 e. The average Bonchev–Trinajstić information content (AvgIpc) is 2.93. The quantitative estimate of drug-likeness (QED) is 0.684. The second kappa shape index (κ2) is 7.76. The number of thiocarbonyl (C=S) groups is 1. The lowest BCUT2D eigenvalue weighted by molar-refractivity contribution is -0.904. The van der Waals surface area contributed by atoms with Crippen LogP contribution in [0, 0.1) is 0 Å². The minimum Gasteiger partial charge on any atom is -0.391 e. The molecule has 0 bridgehead atoms. The van der Waals surface area contributed by atoms with Gasteiger partial charge in [-0.1, -0.05) is 29.8 Å². The second-order valence-corrected chi connectivity index (χ2v) is 7.53. The van der Waals surface area contributed by atoms with Gasteiger partial charge in [0.05, 0.1) is 37.8 Å². The van der Waals surface area contributed by atoms with Crippen LogP contribution in [-0.4, -0.2) is 60.4 Å². The third-order valence-corrected chi connectivity index (χ3v) is 6.22. The van der Waals surface area contributed by atoms with Crippen molar-refractivity contribution in [3.63, 3.8) is 0 Å². The molecule has 1 aliphatic rings. The normalized spacial score (nSPS) is 15.7. The van der Waals surface area contributed by atoms with Gasteiger partial charge in [0.15, 0.2) is 5.11 Å². The summed E-state index contributed by atoms with van der Waals surface area (Å²) in [6.07, 6.45) is 0. The van der Waals surface area contributed by atoms with Gasteiger partial charge in [-0.3, -0.25) is 10.1 Å². The lowest BCUT2D eigenvalue weighted by Gasteiger charge is -2.33. The van der Waals surface area contributed by atoms with Crippen LogP contribution in [0.15, 0.2) is 24.3 Å². The van der Waals surface area contributed by atoms with Gasteiger partial charge in [-0.05, 0) is 18.3 Å². The number of quaternary nitrogens is 1. The fourth-order valence-electron chi connectivity index (χ4n) is 2.83. The molecule has 1 fully saturated rings. The Morgan fingerprint density at radius 3 is 2.75 bits per heavy atom. The first-order valence-electron chi connectivity index (χ1n) is 7.82. The Kier molecular flexibility index (Phi) is 5.68. The number of amides is 1. The molecule has 5 nitrogen and oxygen atoms in total. The number of carbonyl (C=O) groups is 1. The van der Waals surface area contributed by atoms with Crippen LogP contribution in [0.1, 0.15) is 9.67 Å². The molecule has 0 spiro atoms. The molecule has 8 heteroatoms. The number of rotatable bonds is 3. The predicted octanol–water partition coefficient (Wildman–Crippen LogP) is 0.762. The summed E-state index contributed by atoms with van der Waals surface area (Å²) in [6.45, 7) is 4.30. The van der Waals surface area contributed by atoms with Crippen LogP contribution in [0.5, 0.6) is 0 Å². The van der Waals surface area contributed by atoms with Crippen LogP contribution in [-0.2, 0) is 0 Å². The molecule has 24 heavy (non-hydrogen) atoms. The molecule has 0 radical (unpaired) electrons. The van der Waals surface area contributed by atoms with Crippen LogP contribution in [0.2, 0.25) is 5.02 Å². The lowest BCUT2D eigenvalue weighted by atomic mass is 10.2. The molecule has 3 rings (SSSR count). The number of aliphatic hydroxyl groups excluding tert-OH is 1. The lowest BCUT2D eigenvalue weighted by Crippen LogP contribution is -3.15. The van der Waals surface area contributed by atoms with Gasteiger partial charge in [-0.25, -0.2) is 0 Å². The summed E-state index contributed by atoms with van der Waals surface area (Å²) in [5.41, 5.74) is 0. The van der Waals surface area contributed by atoms with Crippen LogP contribution in [0.4, 0.5) is 0 Å². The van der Waals surface area contributed by atoms with Crippen molar-refractivity contribution in [2.24, 2.45) is 0 Å². The van der Waals surface area contributed by atoms with Gasteiger partial charge in [-0.2, -0.15) is 0 Å². The summed E-state index contributed by atoms with van der Waals surface area (Å²) in [5.74, 6) is -0.253. The number of thiophene rings is 1. The molecular formula is C16H19ClN3O2S2+. The van der Waals surface area contributed by atoms with Crippen LogP contribution >= 0.6 is 35.2 Å². The van der Waals surface area contributed by atoms with Crippen molar-refractivity contribution in [2.45, 2.75) is 0 Å². The number of hydrogen-bond acceptors (Lipinski definition) is 4. The Hall–Kier alpha value is -1.25. The second-order valence-electron chi connectivity index (χ2n) is 5.71. The van der Waals surface area contributed by atoms with Crippen molar-refractivity contribution in [1.29, 1.82) is 0 Å². The Bertz CT molecular complexity index is 757. The van der Waals surface area contributed by atoms with E-state index in [1.807, 2.05) is 29.2 Å². The molecule has 1 aliphatic heterocycles. The first kappa shape index (κ1) is 17.6. The van der Waals surface area contributed by atoms with Gasteiger partial charge < -0.3 is 14.9 Å². The Morgan fingerprint density at radius 1 is 1.38 bits per heavy atom. The third kappa shape index (κ3) is 3.70. The zero-order valence-electron chi connectivity index (χ0n) is 13.0. The minimum absolute atomic E-state index is 0.195. The highest BCUT2D eigenvalue weighted by atomic mass is 35.5. The van der Waals surface area contributed by atoms with E-state index in [-0.39, 0.29) is 12.5 Å². The number of aliphatic hydroxyl groups is 1. The van der Waals surface area contributed by atoms with E-state index >= 15 is 0 Å². The van der Waals surface area contributed by atoms with Crippen LogP contribution in [0.25, 0.3) is 10.1 Å². The smallest absolute Gasteiger partial charge is 0.269 e. The molecule has 128 valence electrons. The monoisotopic (exact) mass is 384 g/mol. The molecule has 2 heterocycles. The van der Waals surface area contributed by atoms with Gasteiger partial charge in [0.1, 0.15) is 11.4 Å². The maximum atomic E-state index is 12.5.